The molecule has 150 valence electrons. The first kappa shape index (κ1) is 18.9. The van der Waals surface area contributed by atoms with E-state index in [1.54, 1.807) is 12.5 Å². The number of rotatable bonds is 1. The number of hydrogen-bond donors (Lipinski definition) is 0. The lowest BCUT2D eigenvalue weighted by atomic mass is 9.48. The summed E-state index contributed by atoms with van der Waals surface area (Å²) in [6, 6.07) is 0. The lowest BCUT2D eigenvalue weighted by Gasteiger charge is -2.59. The normalized spacial score (nSPS) is 47.7. The molecule has 2 nitrogen and oxygen atoms in total. The highest BCUT2D eigenvalue weighted by molar-refractivity contribution is 8.21. The molecule has 1 spiro atoms. The van der Waals surface area contributed by atoms with Crippen LogP contribution < -0.4 is 0 Å². The number of ether oxygens (including phenoxy) is 1. The molecule has 1 heterocycles. The van der Waals surface area contributed by atoms with Gasteiger partial charge in [0.15, 0.2) is 0 Å². The van der Waals surface area contributed by atoms with E-state index in [9.17, 15) is 4.79 Å². The van der Waals surface area contributed by atoms with Gasteiger partial charge in [0.05, 0.1) is 4.08 Å². The first-order valence-electron chi connectivity index (χ1n) is 11.0. The Bertz CT molecular complexity index is 667. The molecule has 0 bridgehead atoms. The van der Waals surface area contributed by atoms with E-state index in [0.29, 0.717) is 14.9 Å². The molecule has 4 aliphatic carbocycles. The molecule has 1 saturated heterocycles. The molecule has 0 N–H and O–H groups in total. The van der Waals surface area contributed by atoms with Crippen molar-refractivity contribution in [1.82, 2.24) is 0 Å². The predicted molar refractivity (Wildman–Crippen MR) is 115 cm³/mol. The summed E-state index contributed by atoms with van der Waals surface area (Å²) in [7, 11) is 0. The van der Waals surface area contributed by atoms with Gasteiger partial charge in [0.1, 0.15) is 6.10 Å². The summed E-state index contributed by atoms with van der Waals surface area (Å²) < 4.78 is 6.11. The summed E-state index contributed by atoms with van der Waals surface area (Å²) in [5, 5.41) is 0. The van der Waals surface area contributed by atoms with E-state index in [2.05, 4.69) is 43.4 Å². The molecule has 6 atom stereocenters. The Balaban J connectivity index is 1.41. The number of fused-ring (bicyclic) bond motifs is 6. The van der Waals surface area contributed by atoms with Gasteiger partial charge in [-0.05, 0) is 73.5 Å². The van der Waals surface area contributed by atoms with Gasteiger partial charge < -0.3 is 4.74 Å². The SMILES string of the molecule is CC(=O)O[C@H]1CC[C@@]2(C)C(=CCC3C2CC[C@@]2(C)C3CCC23SCCS3)C1. The summed E-state index contributed by atoms with van der Waals surface area (Å²) >= 11 is 4.61. The van der Waals surface area contributed by atoms with Crippen LogP contribution in [0, 0.1) is 28.6 Å². The fourth-order valence-electron chi connectivity index (χ4n) is 7.85. The minimum Gasteiger partial charge on any atom is -0.462 e. The number of esters is 1. The van der Waals surface area contributed by atoms with Crippen LogP contribution in [0.4, 0.5) is 0 Å². The number of carbonyl (C=O) groups is 1. The van der Waals surface area contributed by atoms with Crippen molar-refractivity contribution in [2.75, 3.05) is 11.5 Å². The zero-order valence-electron chi connectivity index (χ0n) is 17.1. The average molecular weight is 407 g/mol. The van der Waals surface area contributed by atoms with Crippen LogP contribution in [0.3, 0.4) is 0 Å². The van der Waals surface area contributed by atoms with Crippen molar-refractivity contribution >= 4 is 29.5 Å². The third-order valence-corrected chi connectivity index (χ3v) is 13.2. The highest BCUT2D eigenvalue weighted by atomic mass is 32.2. The van der Waals surface area contributed by atoms with Crippen molar-refractivity contribution in [2.24, 2.45) is 28.6 Å². The molecule has 3 unspecified atom stereocenters. The van der Waals surface area contributed by atoms with Gasteiger partial charge in [0, 0.05) is 24.9 Å². The molecule has 0 aromatic carbocycles. The van der Waals surface area contributed by atoms with Crippen molar-refractivity contribution in [3.05, 3.63) is 11.6 Å². The van der Waals surface area contributed by atoms with Crippen LogP contribution in [-0.4, -0.2) is 27.7 Å². The molecule has 0 aromatic rings. The van der Waals surface area contributed by atoms with E-state index < -0.39 is 0 Å². The molecule has 5 aliphatic rings. The van der Waals surface area contributed by atoms with Crippen LogP contribution in [0.25, 0.3) is 0 Å². The standard InChI is InChI=1S/C23H34O2S2/c1-15(24)25-17-6-9-21(2)16(14-17)4-5-18-19(21)7-10-22(3)20(18)8-11-23(22)26-12-13-27-23/h4,17-20H,5-14H2,1-3H3/t17-,18?,19?,20?,21-,22-/m0/s1. The van der Waals surface area contributed by atoms with E-state index in [1.807, 2.05) is 0 Å². The summed E-state index contributed by atoms with van der Waals surface area (Å²) in [6.45, 7) is 6.76. The third-order valence-electron chi connectivity index (χ3n) is 9.19. The van der Waals surface area contributed by atoms with Crippen LogP contribution in [0.2, 0.25) is 0 Å². The van der Waals surface area contributed by atoms with Crippen LogP contribution in [-0.2, 0) is 9.53 Å². The van der Waals surface area contributed by atoms with Gasteiger partial charge in [-0.1, -0.05) is 25.5 Å². The lowest BCUT2D eigenvalue weighted by molar-refractivity contribution is -0.148. The van der Waals surface area contributed by atoms with Gasteiger partial charge in [0.2, 0.25) is 0 Å². The molecular formula is C23H34O2S2. The van der Waals surface area contributed by atoms with Gasteiger partial charge in [-0.15, -0.1) is 23.5 Å². The smallest absolute Gasteiger partial charge is 0.302 e. The molecule has 0 radical (unpaired) electrons. The maximum Gasteiger partial charge on any atom is 0.302 e. The van der Waals surface area contributed by atoms with E-state index in [0.717, 1.165) is 30.6 Å². The van der Waals surface area contributed by atoms with Crippen LogP contribution in [0.15, 0.2) is 11.6 Å². The number of allylic oxidation sites excluding steroid dienone is 1. The fraction of sp³-hybridized carbons (Fsp3) is 0.870. The molecule has 5 rings (SSSR count). The van der Waals surface area contributed by atoms with Gasteiger partial charge in [-0.2, -0.15) is 0 Å². The second-order valence-corrected chi connectivity index (χ2v) is 13.2. The number of carbonyl (C=O) groups excluding carboxylic acids is 1. The molecule has 1 aliphatic heterocycles. The highest BCUT2D eigenvalue weighted by Gasteiger charge is 2.65. The monoisotopic (exact) mass is 406 g/mol. The van der Waals surface area contributed by atoms with Gasteiger partial charge in [-0.3, -0.25) is 4.79 Å². The Hall–Kier alpha value is -0.0900. The van der Waals surface area contributed by atoms with Crippen molar-refractivity contribution in [1.29, 1.82) is 0 Å². The Morgan fingerprint density at radius 3 is 2.56 bits per heavy atom. The topological polar surface area (TPSA) is 26.3 Å². The second kappa shape index (κ2) is 6.45. The van der Waals surface area contributed by atoms with Crippen molar-refractivity contribution in [2.45, 2.75) is 82.3 Å². The summed E-state index contributed by atoms with van der Waals surface area (Å²) in [6.07, 6.45) is 12.9. The average Bonchev–Trinajstić information content (AvgIpc) is 3.21. The Labute approximate surface area is 173 Å². The largest absolute Gasteiger partial charge is 0.462 e. The first-order valence-corrected chi connectivity index (χ1v) is 13.0. The minimum atomic E-state index is -0.117. The van der Waals surface area contributed by atoms with Gasteiger partial charge in [0.25, 0.3) is 0 Å². The molecule has 4 heteroatoms. The third kappa shape index (κ3) is 2.64. The molecule has 4 fully saturated rings. The lowest BCUT2D eigenvalue weighted by Crippen LogP contribution is -2.52. The quantitative estimate of drug-likeness (QED) is 0.391. The zero-order chi connectivity index (χ0) is 18.9. The van der Waals surface area contributed by atoms with Crippen molar-refractivity contribution in [3.8, 4) is 0 Å². The maximum absolute atomic E-state index is 11.4. The van der Waals surface area contributed by atoms with Crippen LogP contribution in [0.1, 0.15) is 72.1 Å². The number of hydrogen-bond acceptors (Lipinski definition) is 4. The van der Waals surface area contributed by atoms with Crippen LogP contribution in [0.5, 0.6) is 0 Å². The Kier molecular flexibility index (Phi) is 4.52. The maximum atomic E-state index is 11.4. The summed E-state index contributed by atoms with van der Waals surface area (Å²) in [4.78, 5) is 11.4. The molecule has 3 saturated carbocycles. The summed E-state index contributed by atoms with van der Waals surface area (Å²) in [5.41, 5.74) is 2.51. The Morgan fingerprint density at radius 1 is 1.07 bits per heavy atom. The van der Waals surface area contributed by atoms with Crippen molar-refractivity contribution in [3.63, 3.8) is 0 Å². The molecular weight excluding hydrogens is 372 g/mol. The predicted octanol–water partition coefficient (Wildman–Crippen LogP) is 6.06. The summed E-state index contributed by atoms with van der Waals surface area (Å²) in [5.74, 6) is 5.24. The number of thioether (sulfide) groups is 2. The Morgan fingerprint density at radius 2 is 1.81 bits per heavy atom. The fourth-order valence-corrected chi connectivity index (χ4v) is 11.7. The highest BCUT2D eigenvalue weighted by Crippen LogP contribution is 2.73. The second-order valence-electron chi connectivity index (χ2n) is 10.2. The molecule has 0 aromatic heterocycles. The van der Waals surface area contributed by atoms with Crippen LogP contribution >= 0.6 is 23.5 Å². The van der Waals surface area contributed by atoms with E-state index in [1.165, 1.54) is 50.0 Å². The van der Waals surface area contributed by atoms with E-state index in [-0.39, 0.29) is 12.1 Å². The minimum absolute atomic E-state index is 0.117. The van der Waals surface area contributed by atoms with E-state index >= 15 is 0 Å². The van der Waals surface area contributed by atoms with Gasteiger partial charge >= 0.3 is 5.97 Å². The molecule has 27 heavy (non-hydrogen) atoms. The zero-order valence-corrected chi connectivity index (χ0v) is 18.7. The molecule has 0 amide bonds. The van der Waals surface area contributed by atoms with Crippen molar-refractivity contribution < 1.29 is 9.53 Å². The first-order chi connectivity index (χ1) is 12.9. The van der Waals surface area contributed by atoms with Gasteiger partial charge in [-0.25, -0.2) is 0 Å². The van der Waals surface area contributed by atoms with E-state index in [4.69, 9.17) is 4.74 Å².